The molecule has 0 aromatic heterocycles. The van der Waals surface area contributed by atoms with E-state index in [-0.39, 0.29) is 41.6 Å². The molecule has 6 aliphatic rings. The van der Waals surface area contributed by atoms with E-state index in [4.69, 9.17) is 0 Å². The molecule has 0 aromatic rings. The topological polar surface area (TPSA) is 132 Å². The molecule has 0 spiro atoms. The smallest absolute Gasteiger partial charge is 0.324 e. The number of likely N-dealkylation sites (N-methyl/N-ethyl adjacent to an activating group) is 1. The second-order valence-corrected chi connectivity index (χ2v) is 11.1. The number of ketones is 1. The summed E-state index contributed by atoms with van der Waals surface area (Å²) in [4.78, 5) is 51.5. The SMILES string of the molecule is CN1C(=O)NC(=O)C1(C)C12CC3CC(C1)C(CNC(=O)NCC(=O)C1CNCNC1)C(C3)C2. The highest BCUT2D eigenvalue weighted by atomic mass is 16.2. The number of imide groups is 1. The molecule has 3 atom stereocenters. The number of nitrogens with one attached hydrogen (secondary N) is 5. The minimum absolute atomic E-state index is 0.0307. The highest BCUT2D eigenvalue weighted by molar-refractivity contribution is 6.07. The van der Waals surface area contributed by atoms with Crippen LogP contribution in [0.2, 0.25) is 0 Å². The van der Waals surface area contributed by atoms with Crippen molar-refractivity contribution >= 4 is 23.8 Å². The first-order valence-corrected chi connectivity index (χ1v) is 12.3. The number of hydrogen-bond acceptors (Lipinski definition) is 6. The zero-order chi connectivity index (χ0) is 23.4. The van der Waals surface area contributed by atoms with Crippen LogP contribution in [-0.4, -0.2) is 74.1 Å². The normalized spacial score (nSPS) is 40.1. The third-order valence-corrected chi connectivity index (χ3v) is 9.55. The Morgan fingerprint density at radius 1 is 1.06 bits per heavy atom. The van der Waals surface area contributed by atoms with E-state index in [1.54, 1.807) is 11.9 Å². The molecule has 2 aliphatic heterocycles. The van der Waals surface area contributed by atoms with Crippen LogP contribution in [0.4, 0.5) is 9.59 Å². The fourth-order valence-corrected chi connectivity index (χ4v) is 7.78. The van der Waals surface area contributed by atoms with Gasteiger partial charge in [-0.2, -0.15) is 0 Å². The van der Waals surface area contributed by atoms with Gasteiger partial charge in [-0.05, 0) is 62.7 Å². The predicted molar refractivity (Wildman–Crippen MR) is 120 cm³/mol. The van der Waals surface area contributed by atoms with Gasteiger partial charge in [0.15, 0.2) is 5.78 Å². The Hall–Kier alpha value is -2.20. The summed E-state index contributed by atoms with van der Waals surface area (Å²) < 4.78 is 0. The van der Waals surface area contributed by atoms with E-state index >= 15 is 0 Å². The van der Waals surface area contributed by atoms with Crippen molar-refractivity contribution in [3.63, 3.8) is 0 Å². The van der Waals surface area contributed by atoms with Crippen molar-refractivity contribution in [2.45, 2.75) is 44.6 Å². The van der Waals surface area contributed by atoms with Gasteiger partial charge in [0.2, 0.25) is 0 Å². The molecule has 5 amide bonds. The number of nitrogens with zero attached hydrogens (tertiary/aromatic N) is 1. The second-order valence-electron chi connectivity index (χ2n) is 11.1. The average Bonchev–Trinajstić information content (AvgIpc) is 3.00. The van der Waals surface area contributed by atoms with Crippen LogP contribution in [0.1, 0.15) is 39.0 Å². The van der Waals surface area contributed by atoms with Crippen molar-refractivity contribution in [3.05, 3.63) is 0 Å². The molecule has 4 bridgehead atoms. The molecule has 4 aliphatic carbocycles. The fraction of sp³-hybridized carbons (Fsp3) is 0.826. The average molecular weight is 461 g/mol. The fourth-order valence-electron chi connectivity index (χ4n) is 7.78. The number of amides is 5. The minimum Gasteiger partial charge on any atom is -0.338 e. The standard InChI is InChI=1S/C23H36N6O4/c1-22(19(31)28-21(33)29(22)2)23-5-13-3-14(6-23)17(15(4-13)7-23)10-26-20(32)27-11-18(30)16-8-24-12-25-9-16/h13-17,24-25H,3-12H2,1-2H3,(H2,26,27,32)(H,28,31,33). The van der Waals surface area contributed by atoms with E-state index in [1.165, 1.54) is 0 Å². The quantitative estimate of drug-likeness (QED) is 0.355. The lowest BCUT2D eigenvalue weighted by molar-refractivity contribution is -0.162. The molecule has 33 heavy (non-hydrogen) atoms. The lowest BCUT2D eigenvalue weighted by Crippen LogP contribution is -2.66. The summed E-state index contributed by atoms with van der Waals surface area (Å²) >= 11 is 0. The Morgan fingerprint density at radius 3 is 2.33 bits per heavy atom. The Bertz CT molecular complexity index is 842. The molecular weight excluding hydrogens is 424 g/mol. The van der Waals surface area contributed by atoms with Crippen molar-refractivity contribution in [1.29, 1.82) is 0 Å². The van der Waals surface area contributed by atoms with Crippen LogP contribution in [0.3, 0.4) is 0 Å². The van der Waals surface area contributed by atoms with Gasteiger partial charge in [-0.25, -0.2) is 9.59 Å². The molecule has 10 heteroatoms. The van der Waals surface area contributed by atoms with E-state index in [9.17, 15) is 19.2 Å². The van der Waals surface area contributed by atoms with E-state index in [0.717, 1.165) is 32.1 Å². The number of carbonyl (C=O) groups is 4. The first-order valence-electron chi connectivity index (χ1n) is 12.3. The molecule has 6 rings (SSSR count). The summed E-state index contributed by atoms with van der Waals surface area (Å²) in [5, 5.41) is 14.5. The van der Waals surface area contributed by atoms with E-state index in [1.807, 2.05) is 6.92 Å². The van der Waals surface area contributed by atoms with Crippen molar-refractivity contribution in [1.82, 2.24) is 31.5 Å². The number of urea groups is 2. The lowest BCUT2D eigenvalue weighted by Gasteiger charge is -2.64. The molecule has 5 N–H and O–H groups in total. The van der Waals surface area contributed by atoms with Crippen molar-refractivity contribution < 1.29 is 19.2 Å². The van der Waals surface area contributed by atoms with Gasteiger partial charge in [-0.3, -0.25) is 14.9 Å². The van der Waals surface area contributed by atoms with Crippen LogP contribution in [-0.2, 0) is 9.59 Å². The summed E-state index contributed by atoms with van der Waals surface area (Å²) in [5.74, 6) is 1.58. The molecule has 182 valence electrons. The first-order chi connectivity index (χ1) is 15.7. The van der Waals surface area contributed by atoms with Gasteiger partial charge >= 0.3 is 12.1 Å². The molecule has 4 saturated carbocycles. The maximum atomic E-state index is 12.9. The van der Waals surface area contributed by atoms with Crippen molar-refractivity contribution in [2.75, 3.05) is 39.9 Å². The first kappa shape index (κ1) is 22.6. The van der Waals surface area contributed by atoms with Gasteiger partial charge in [-0.1, -0.05) is 0 Å². The summed E-state index contributed by atoms with van der Waals surface area (Å²) in [6.45, 7) is 4.55. The Balaban J connectivity index is 1.18. The number of carbonyl (C=O) groups excluding carboxylic acids is 4. The third-order valence-electron chi connectivity index (χ3n) is 9.55. The van der Waals surface area contributed by atoms with Gasteiger partial charge in [-0.15, -0.1) is 0 Å². The third kappa shape index (κ3) is 3.62. The Kier molecular flexibility index (Phi) is 5.63. The maximum Gasteiger partial charge on any atom is 0.324 e. The zero-order valence-electron chi connectivity index (χ0n) is 19.5. The van der Waals surface area contributed by atoms with Crippen molar-refractivity contribution in [3.8, 4) is 0 Å². The Morgan fingerprint density at radius 2 is 1.73 bits per heavy atom. The number of rotatable bonds is 6. The van der Waals surface area contributed by atoms with Crippen LogP contribution in [0.25, 0.3) is 0 Å². The van der Waals surface area contributed by atoms with Gasteiger partial charge in [0.1, 0.15) is 5.54 Å². The van der Waals surface area contributed by atoms with Crippen molar-refractivity contribution in [2.24, 2.45) is 35.0 Å². The predicted octanol–water partition coefficient (Wildman–Crippen LogP) is 0.00400. The number of Topliss-reactive ketones (excluding diaryl/α,β-unsaturated/α-hetero) is 1. The van der Waals surface area contributed by atoms with E-state index in [2.05, 4.69) is 26.6 Å². The summed E-state index contributed by atoms with van der Waals surface area (Å²) in [5.41, 5.74) is -1.000. The monoisotopic (exact) mass is 460 g/mol. The largest absolute Gasteiger partial charge is 0.338 e. The molecule has 10 nitrogen and oxygen atoms in total. The zero-order valence-corrected chi connectivity index (χ0v) is 19.5. The summed E-state index contributed by atoms with van der Waals surface area (Å²) in [6.07, 6.45) is 5.07. The Labute approximate surface area is 194 Å². The van der Waals surface area contributed by atoms with Crippen LogP contribution in [0, 0.1) is 35.0 Å². The molecule has 6 fully saturated rings. The van der Waals surface area contributed by atoms with Gasteiger partial charge in [0.05, 0.1) is 6.54 Å². The molecular formula is C23H36N6O4. The highest BCUT2D eigenvalue weighted by Gasteiger charge is 2.67. The van der Waals surface area contributed by atoms with Gasteiger partial charge in [0, 0.05) is 44.7 Å². The van der Waals surface area contributed by atoms with Crippen LogP contribution in [0.5, 0.6) is 0 Å². The van der Waals surface area contributed by atoms with Gasteiger partial charge < -0.3 is 26.2 Å². The molecule has 0 aromatic carbocycles. The van der Waals surface area contributed by atoms with E-state index < -0.39 is 5.54 Å². The van der Waals surface area contributed by atoms with Gasteiger partial charge in [0.25, 0.3) is 5.91 Å². The van der Waals surface area contributed by atoms with Crippen LogP contribution >= 0.6 is 0 Å². The molecule has 0 radical (unpaired) electrons. The van der Waals surface area contributed by atoms with Crippen LogP contribution < -0.4 is 26.6 Å². The van der Waals surface area contributed by atoms with E-state index in [0.29, 0.717) is 50.0 Å². The van der Waals surface area contributed by atoms with Crippen LogP contribution in [0.15, 0.2) is 0 Å². The second kappa shape index (κ2) is 8.23. The molecule has 3 unspecified atom stereocenters. The molecule has 2 heterocycles. The number of hydrogen-bond donors (Lipinski definition) is 5. The summed E-state index contributed by atoms with van der Waals surface area (Å²) in [7, 11) is 1.74. The maximum absolute atomic E-state index is 12.9. The minimum atomic E-state index is -0.807. The molecule has 2 saturated heterocycles. The highest BCUT2D eigenvalue weighted by Crippen LogP contribution is 2.66. The lowest BCUT2D eigenvalue weighted by atomic mass is 9.42. The summed E-state index contributed by atoms with van der Waals surface area (Å²) in [6, 6.07) is -0.599.